The van der Waals surface area contributed by atoms with Crippen LogP contribution in [-0.2, 0) is 26.0 Å². The number of rotatable bonds is 3. The average molecular weight is 349 g/mol. The van der Waals surface area contributed by atoms with Crippen LogP contribution in [0.2, 0.25) is 0 Å². The van der Waals surface area contributed by atoms with Gasteiger partial charge in [-0.1, -0.05) is 30.3 Å². The van der Waals surface area contributed by atoms with Crippen LogP contribution in [0.5, 0.6) is 0 Å². The van der Waals surface area contributed by atoms with E-state index < -0.39 is 32.7 Å². The second-order valence-electron chi connectivity index (χ2n) is 5.60. The molecule has 0 bridgehead atoms. The van der Waals surface area contributed by atoms with Crippen LogP contribution in [0.1, 0.15) is 22.8 Å². The van der Waals surface area contributed by atoms with Gasteiger partial charge in [0.05, 0.1) is 6.61 Å². The average Bonchev–Trinajstić information content (AvgIpc) is 2.53. The maximum atomic E-state index is 13.9. The Bertz CT molecular complexity index is 895. The number of fused-ring (bicyclic) bond motifs is 1. The summed E-state index contributed by atoms with van der Waals surface area (Å²) in [6, 6.07) is 10.9. The van der Waals surface area contributed by atoms with Crippen LogP contribution >= 0.6 is 0 Å². The highest BCUT2D eigenvalue weighted by molar-refractivity contribution is 7.90. The molecule has 5 nitrogen and oxygen atoms in total. The van der Waals surface area contributed by atoms with Gasteiger partial charge in [0.2, 0.25) is 0 Å². The second kappa shape index (κ2) is 6.33. The summed E-state index contributed by atoms with van der Waals surface area (Å²) in [5.41, 5.74) is 2.14. The predicted octanol–water partition coefficient (Wildman–Crippen LogP) is 2.25. The summed E-state index contributed by atoms with van der Waals surface area (Å²) in [6.45, 7) is 1.96. The molecule has 7 heteroatoms. The molecule has 0 radical (unpaired) electrons. The quantitative estimate of drug-likeness (QED) is 0.922. The van der Waals surface area contributed by atoms with E-state index in [0.29, 0.717) is 24.2 Å². The van der Waals surface area contributed by atoms with Crippen molar-refractivity contribution in [2.75, 3.05) is 6.61 Å². The fraction of sp³-hybridized carbons (Fsp3) is 0.235. The summed E-state index contributed by atoms with van der Waals surface area (Å²) in [5.74, 6) is -1.73. The number of carbonyl (C=O) groups excluding carboxylic acids is 1. The lowest BCUT2D eigenvalue weighted by atomic mass is 9.97. The Labute approximate surface area is 139 Å². The van der Waals surface area contributed by atoms with Crippen LogP contribution in [0, 0.1) is 12.7 Å². The molecule has 1 amide bonds. The molecule has 0 aliphatic carbocycles. The van der Waals surface area contributed by atoms with E-state index in [1.165, 1.54) is 6.07 Å². The van der Waals surface area contributed by atoms with E-state index in [4.69, 9.17) is 4.74 Å². The minimum absolute atomic E-state index is 0.314. The maximum absolute atomic E-state index is 13.9. The number of hydrogen-bond acceptors (Lipinski definition) is 4. The molecule has 24 heavy (non-hydrogen) atoms. The molecule has 0 fully saturated rings. The summed E-state index contributed by atoms with van der Waals surface area (Å²) in [5, 5.41) is 0. The van der Waals surface area contributed by atoms with Gasteiger partial charge >= 0.3 is 0 Å². The highest BCUT2D eigenvalue weighted by Crippen LogP contribution is 2.27. The minimum Gasteiger partial charge on any atom is -0.363 e. The van der Waals surface area contributed by atoms with Crippen molar-refractivity contribution in [1.82, 2.24) is 4.72 Å². The minimum atomic E-state index is -4.31. The monoisotopic (exact) mass is 349 g/mol. The first kappa shape index (κ1) is 16.6. The lowest BCUT2D eigenvalue weighted by molar-refractivity contribution is -0.132. The third-order valence-electron chi connectivity index (χ3n) is 3.84. The van der Waals surface area contributed by atoms with Crippen LogP contribution in [0.15, 0.2) is 47.4 Å². The highest BCUT2D eigenvalue weighted by Gasteiger charge is 2.31. The largest absolute Gasteiger partial charge is 0.363 e. The normalized spacial score (nSPS) is 17.2. The van der Waals surface area contributed by atoms with E-state index in [9.17, 15) is 17.6 Å². The first-order chi connectivity index (χ1) is 11.4. The van der Waals surface area contributed by atoms with E-state index in [1.54, 1.807) is 19.1 Å². The van der Waals surface area contributed by atoms with Crippen molar-refractivity contribution in [2.45, 2.75) is 24.3 Å². The topological polar surface area (TPSA) is 72.5 Å². The van der Waals surface area contributed by atoms with E-state index >= 15 is 0 Å². The van der Waals surface area contributed by atoms with E-state index in [1.807, 2.05) is 16.9 Å². The number of carbonyl (C=O) groups is 1. The zero-order valence-electron chi connectivity index (χ0n) is 13.0. The zero-order chi connectivity index (χ0) is 17.3. The number of benzene rings is 2. The fourth-order valence-corrected chi connectivity index (χ4v) is 3.72. The summed E-state index contributed by atoms with van der Waals surface area (Å²) in [6.07, 6.45) is -0.377. The molecule has 126 valence electrons. The van der Waals surface area contributed by atoms with E-state index in [-0.39, 0.29) is 0 Å². The summed E-state index contributed by atoms with van der Waals surface area (Å²) in [4.78, 5) is 11.8. The van der Waals surface area contributed by atoms with Gasteiger partial charge in [0, 0.05) is 0 Å². The Hall–Kier alpha value is -2.25. The molecule has 1 heterocycles. The number of amides is 1. The van der Waals surface area contributed by atoms with Gasteiger partial charge in [-0.25, -0.2) is 17.5 Å². The third-order valence-corrected chi connectivity index (χ3v) is 5.22. The first-order valence-corrected chi connectivity index (χ1v) is 8.89. The molecule has 0 spiro atoms. The molecule has 0 saturated carbocycles. The Morgan fingerprint density at radius 3 is 2.75 bits per heavy atom. The van der Waals surface area contributed by atoms with Gasteiger partial charge < -0.3 is 4.74 Å². The number of nitrogens with one attached hydrogen (secondary N) is 1. The molecule has 1 atom stereocenters. The van der Waals surface area contributed by atoms with Crippen LogP contribution in [-0.4, -0.2) is 20.9 Å². The fourth-order valence-electron chi connectivity index (χ4n) is 2.68. The number of ether oxygens (including phenoxy) is 1. The molecule has 1 aliphatic rings. The Kier molecular flexibility index (Phi) is 4.38. The Morgan fingerprint density at radius 2 is 2.00 bits per heavy atom. The third kappa shape index (κ3) is 3.18. The number of sulfonamides is 1. The summed E-state index contributed by atoms with van der Waals surface area (Å²) >= 11 is 0. The van der Waals surface area contributed by atoms with Crippen molar-refractivity contribution in [1.29, 1.82) is 0 Å². The van der Waals surface area contributed by atoms with Crippen molar-refractivity contribution < 1.29 is 22.3 Å². The molecular formula is C17H16FNO4S. The highest BCUT2D eigenvalue weighted by atomic mass is 32.2. The molecule has 2 aromatic rings. The van der Waals surface area contributed by atoms with Gasteiger partial charge in [0.25, 0.3) is 15.9 Å². The molecule has 0 unspecified atom stereocenters. The van der Waals surface area contributed by atoms with Gasteiger partial charge in [0.1, 0.15) is 10.7 Å². The Balaban J connectivity index is 1.87. The second-order valence-corrected chi connectivity index (χ2v) is 7.25. The van der Waals surface area contributed by atoms with Crippen LogP contribution in [0.3, 0.4) is 0 Å². The molecule has 0 saturated heterocycles. The maximum Gasteiger partial charge on any atom is 0.267 e. The molecule has 1 aliphatic heterocycles. The molecule has 2 aromatic carbocycles. The van der Waals surface area contributed by atoms with Crippen LogP contribution in [0.4, 0.5) is 4.39 Å². The lowest BCUT2D eigenvalue weighted by Gasteiger charge is -2.25. The molecule has 3 rings (SSSR count). The van der Waals surface area contributed by atoms with Crippen molar-refractivity contribution in [2.24, 2.45) is 0 Å². The number of hydrogen-bond donors (Lipinski definition) is 1. The molecular weight excluding hydrogens is 333 g/mol. The first-order valence-electron chi connectivity index (χ1n) is 7.41. The lowest BCUT2D eigenvalue weighted by Crippen LogP contribution is -2.37. The summed E-state index contributed by atoms with van der Waals surface area (Å²) in [7, 11) is -4.31. The van der Waals surface area contributed by atoms with Gasteiger partial charge in [-0.15, -0.1) is 0 Å². The number of halogens is 1. The smallest absolute Gasteiger partial charge is 0.267 e. The molecule has 1 N–H and O–H groups in total. The van der Waals surface area contributed by atoms with Crippen molar-refractivity contribution in [3.63, 3.8) is 0 Å². The van der Waals surface area contributed by atoms with Crippen molar-refractivity contribution in [3.8, 4) is 0 Å². The van der Waals surface area contributed by atoms with E-state index in [2.05, 4.69) is 0 Å². The standard InChI is InChI=1S/C17H16FNO4S/c1-11-6-7-15(14(18)10-11)24(21,22)19-17(20)16-13-5-3-2-4-12(13)8-9-23-16/h2-7,10,16H,8-9H2,1H3,(H,19,20)/t16-/m1/s1. The SMILES string of the molecule is Cc1ccc(S(=O)(=O)NC(=O)[C@@H]2OCCc3ccccc32)c(F)c1. The van der Waals surface area contributed by atoms with Crippen molar-refractivity contribution >= 4 is 15.9 Å². The van der Waals surface area contributed by atoms with E-state index in [0.717, 1.165) is 17.7 Å². The van der Waals surface area contributed by atoms with Gasteiger partial charge in [-0.05, 0) is 42.2 Å². The van der Waals surface area contributed by atoms with Crippen LogP contribution in [0.25, 0.3) is 0 Å². The Morgan fingerprint density at radius 1 is 1.25 bits per heavy atom. The van der Waals surface area contributed by atoms with Crippen molar-refractivity contribution in [3.05, 3.63) is 65.0 Å². The summed E-state index contributed by atoms with van der Waals surface area (Å²) < 4.78 is 45.9. The predicted molar refractivity (Wildman–Crippen MR) is 85.3 cm³/mol. The molecule has 0 aromatic heterocycles. The number of aryl methyl sites for hydroxylation is 1. The van der Waals surface area contributed by atoms with Gasteiger partial charge in [0.15, 0.2) is 6.10 Å². The van der Waals surface area contributed by atoms with Gasteiger partial charge in [-0.3, -0.25) is 4.79 Å². The zero-order valence-corrected chi connectivity index (χ0v) is 13.8. The van der Waals surface area contributed by atoms with Gasteiger partial charge in [-0.2, -0.15) is 0 Å². The van der Waals surface area contributed by atoms with Crippen LogP contribution < -0.4 is 4.72 Å².